The lowest BCUT2D eigenvalue weighted by molar-refractivity contribution is 0.775. The first-order chi connectivity index (χ1) is 37.7. The van der Waals surface area contributed by atoms with E-state index >= 15 is 0 Å². The van der Waals surface area contributed by atoms with E-state index in [2.05, 4.69) is 289 Å². The molecule has 1 spiro atoms. The lowest BCUT2D eigenvalue weighted by Gasteiger charge is -2.37. The van der Waals surface area contributed by atoms with Crippen molar-refractivity contribution in [3.8, 4) is 77.9 Å². The van der Waals surface area contributed by atoms with Crippen molar-refractivity contribution < 1.29 is 0 Å². The lowest BCUT2D eigenvalue weighted by Crippen LogP contribution is -2.29. The van der Waals surface area contributed by atoms with E-state index in [4.69, 9.17) is 0 Å². The molecule has 4 aliphatic rings. The van der Waals surface area contributed by atoms with E-state index in [9.17, 15) is 0 Å². The van der Waals surface area contributed by atoms with E-state index in [1.165, 1.54) is 111 Å². The molecular formula is C74H48N2. The molecule has 1 aliphatic heterocycles. The highest BCUT2D eigenvalue weighted by atomic mass is 15.2. The van der Waals surface area contributed by atoms with E-state index < -0.39 is 5.41 Å². The van der Waals surface area contributed by atoms with Crippen LogP contribution in [0.15, 0.2) is 279 Å². The Morgan fingerprint density at radius 1 is 0.276 bits per heavy atom. The van der Waals surface area contributed by atoms with E-state index in [1.807, 2.05) is 0 Å². The van der Waals surface area contributed by atoms with Gasteiger partial charge < -0.3 is 9.80 Å². The molecule has 12 aromatic rings. The largest absolute Gasteiger partial charge is 0.310 e. The zero-order valence-corrected chi connectivity index (χ0v) is 41.7. The van der Waals surface area contributed by atoms with Crippen LogP contribution < -0.4 is 9.80 Å². The van der Waals surface area contributed by atoms with Gasteiger partial charge in [-0.3, -0.25) is 0 Å². The highest BCUT2D eigenvalue weighted by Crippen LogP contribution is 2.65. The van der Waals surface area contributed by atoms with Gasteiger partial charge in [-0.15, -0.1) is 0 Å². The van der Waals surface area contributed by atoms with E-state index in [0.29, 0.717) is 0 Å². The molecule has 0 bridgehead atoms. The third-order valence-electron chi connectivity index (χ3n) is 16.8. The van der Waals surface area contributed by atoms with E-state index in [-0.39, 0.29) is 0 Å². The average molecular weight is 965 g/mol. The summed E-state index contributed by atoms with van der Waals surface area (Å²) in [5, 5.41) is 0. The summed E-state index contributed by atoms with van der Waals surface area (Å²) in [6.07, 6.45) is 0.940. The molecule has 1 heterocycles. The van der Waals surface area contributed by atoms with Crippen molar-refractivity contribution in [2.45, 2.75) is 11.8 Å². The second-order valence-corrected chi connectivity index (χ2v) is 20.7. The minimum Gasteiger partial charge on any atom is -0.310 e. The van der Waals surface area contributed by atoms with Gasteiger partial charge in [0, 0.05) is 33.9 Å². The standard InChI is InChI=1S/C74H48N2/c1-3-19-48(20-4-1)49-35-38-53(39-36-49)75(54-41-44-71-65(46-54)60-28-12-11-27-59(60)63-30-15-18-34-70(63)76(71)52-22-5-2-6-23-52)55-40-42-62-58-26-10-9-25-57(58)61-29-13-16-32-66(61)74(69(62)47-55)67-33-17-14-31-64(67)73-68(74)43-37-51-45-50-21-7-8-24-56(50)72(51)73/h1-44,46-47H,45H2. The van der Waals surface area contributed by atoms with Crippen LogP contribution in [0, 0.1) is 0 Å². The Bertz CT molecular complexity index is 4320. The van der Waals surface area contributed by atoms with Crippen LogP contribution in [0.3, 0.4) is 0 Å². The van der Waals surface area contributed by atoms with Crippen molar-refractivity contribution in [3.05, 3.63) is 312 Å². The number of hydrogen-bond donors (Lipinski definition) is 0. The van der Waals surface area contributed by atoms with Crippen LogP contribution in [0.5, 0.6) is 0 Å². The van der Waals surface area contributed by atoms with Gasteiger partial charge in [0.05, 0.1) is 16.8 Å². The van der Waals surface area contributed by atoms with Crippen molar-refractivity contribution in [1.29, 1.82) is 0 Å². The lowest BCUT2D eigenvalue weighted by atomic mass is 9.65. The first-order valence-corrected chi connectivity index (χ1v) is 26.5. The smallest absolute Gasteiger partial charge is 0.0726 e. The van der Waals surface area contributed by atoms with Crippen molar-refractivity contribution in [2.75, 3.05) is 9.80 Å². The molecule has 0 saturated heterocycles. The molecule has 0 aromatic heterocycles. The number of fused-ring (bicyclic) bond motifs is 21. The molecule has 0 saturated carbocycles. The summed E-state index contributed by atoms with van der Waals surface area (Å²) in [6.45, 7) is 0. The topological polar surface area (TPSA) is 6.48 Å². The van der Waals surface area contributed by atoms with Gasteiger partial charge in [-0.05, 0) is 167 Å². The maximum atomic E-state index is 2.55. The van der Waals surface area contributed by atoms with Crippen LogP contribution in [0.4, 0.5) is 34.1 Å². The molecule has 2 nitrogen and oxygen atoms in total. The molecule has 12 aromatic carbocycles. The Morgan fingerprint density at radius 2 is 0.776 bits per heavy atom. The summed E-state index contributed by atoms with van der Waals surface area (Å²) in [4.78, 5) is 4.94. The van der Waals surface area contributed by atoms with Crippen molar-refractivity contribution in [1.82, 2.24) is 0 Å². The van der Waals surface area contributed by atoms with Crippen LogP contribution in [-0.2, 0) is 11.8 Å². The van der Waals surface area contributed by atoms with Gasteiger partial charge in [-0.1, -0.05) is 218 Å². The van der Waals surface area contributed by atoms with Gasteiger partial charge >= 0.3 is 0 Å². The minimum atomic E-state index is -0.670. The Labute approximate surface area is 443 Å². The molecule has 1 unspecified atom stereocenters. The quantitative estimate of drug-likeness (QED) is 0.170. The maximum Gasteiger partial charge on any atom is 0.0726 e. The van der Waals surface area contributed by atoms with Gasteiger partial charge in [0.15, 0.2) is 0 Å². The summed E-state index contributed by atoms with van der Waals surface area (Å²) >= 11 is 0. The zero-order valence-electron chi connectivity index (χ0n) is 41.7. The fourth-order valence-electron chi connectivity index (χ4n) is 13.7. The molecular weight excluding hydrogens is 917 g/mol. The molecule has 2 heteroatoms. The number of benzene rings is 12. The van der Waals surface area contributed by atoms with Gasteiger partial charge in [0.2, 0.25) is 0 Å². The number of anilines is 6. The average Bonchev–Trinajstić information content (AvgIpc) is 4.04. The normalized spacial score (nSPS) is 14.6. The van der Waals surface area contributed by atoms with Crippen LogP contribution in [0.2, 0.25) is 0 Å². The minimum absolute atomic E-state index is 0.670. The molecule has 0 amide bonds. The van der Waals surface area contributed by atoms with Crippen LogP contribution >= 0.6 is 0 Å². The second kappa shape index (κ2) is 16.6. The molecule has 16 rings (SSSR count). The van der Waals surface area contributed by atoms with Crippen molar-refractivity contribution >= 4 is 34.1 Å². The molecule has 354 valence electrons. The predicted molar refractivity (Wildman–Crippen MR) is 316 cm³/mol. The first kappa shape index (κ1) is 42.7. The summed E-state index contributed by atoms with van der Waals surface area (Å²) in [6, 6.07) is 105. The second-order valence-electron chi connectivity index (χ2n) is 20.7. The Kier molecular flexibility index (Phi) is 9.35. The highest BCUT2D eigenvalue weighted by molar-refractivity contribution is 6.06. The SMILES string of the molecule is c1ccc(-c2ccc(N(c3ccc4c(c3)-c3ccccc3-c3ccccc3N4c3ccccc3)c3ccc4c(c3)C3(c5ccccc5-c5ccccc5-4)c4ccccc4-c4c3ccc3c4-c4ccccc4C3)cc2)cc1. The maximum absolute atomic E-state index is 2.55. The van der Waals surface area contributed by atoms with Crippen LogP contribution in [0.1, 0.15) is 33.4 Å². The molecule has 0 fully saturated rings. The summed E-state index contributed by atoms with van der Waals surface area (Å²) in [5.41, 5.74) is 31.6. The van der Waals surface area contributed by atoms with Gasteiger partial charge in [-0.25, -0.2) is 0 Å². The third-order valence-corrected chi connectivity index (χ3v) is 16.8. The third kappa shape index (κ3) is 6.10. The van der Waals surface area contributed by atoms with Gasteiger partial charge in [-0.2, -0.15) is 0 Å². The number of rotatable bonds is 5. The monoisotopic (exact) mass is 964 g/mol. The Hall–Kier alpha value is -9.76. The van der Waals surface area contributed by atoms with Crippen LogP contribution in [-0.4, -0.2) is 0 Å². The van der Waals surface area contributed by atoms with Crippen LogP contribution in [0.25, 0.3) is 77.9 Å². The molecule has 76 heavy (non-hydrogen) atoms. The molecule has 1 atom stereocenters. The molecule has 0 N–H and O–H groups in total. The summed E-state index contributed by atoms with van der Waals surface area (Å²) < 4.78 is 0. The Balaban J connectivity index is 0.990. The van der Waals surface area contributed by atoms with Gasteiger partial charge in [0.1, 0.15) is 0 Å². The van der Waals surface area contributed by atoms with E-state index in [0.717, 1.165) is 40.5 Å². The Morgan fingerprint density at radius 3 is 1.51 bits per heavy atom. The van der Waals surface area contributed by atoms with E-state index in [1.54, 1.807) is 0 Å². The molecule has 3 aliphatic carbocycles. The number of hydrogen-bond acceptors (Lipinski definition) is 2. The molecule has 0 radical (unpaired) electrons. The van der Waals surface area contributed by atoms with Crippen molar-refractivity contribution in [2.24, 2.45) is 0 Å². The highest BCUT2D eigenvalue weighted by Gasteiger charge is 2.51. The fraction of sp³-hybridized carbons (Fsp3) is 0.0270. The number of nitrogens with zero attached hydrogens (tertiary/aromatic N) is 2. The first-order valence-electron chi connectivity index (χ1n) is 26.5. The zero-order chi connectivity index (χ0) is 49.9. The van der Waals surface area contributed by atoms with Crippen molar-refractivity contribution in [3.63, 3.8) is 0 Å². The van der Waals surface area contributed by atoms with Gasteiger partial charge in [0.25, 0.3) is 0 Å². The fourth-order valence-corrected chi connectivity index (χ4v) is 13.7. The summed E-state index contributed by atoms with van der Waals surface area (Å²) in [5.74, 6) is 0. The summed E-state index contributed by atoms with van der Waals surface area (Å²) in [7, 11) is 0. The predicted octanol–water partition coefficient (Wildman–Crippen LogP) is 19.5. The number of para-hydroxylation sites is 2.